The Labute approximate surface area is 208 Å². The monoisotopic (exact) mass is 485 g/mol. The quantitative estimate of drug-likeness (QED) is 0.495. The first-order chi connectivity index (χ1) is 17.0. The van der Waals surface area contributed by atoms with Crippen LogP contribution >= 0.6 is 0 Å². The number of ether oxygens (including phenoxy) is 1. The van der Waals surface area contributed by atoms with E-state index < -0.39 is 11.2 Å². The van der Waals surface area contributed by atoms with Crippen LogP contribution in [-0.4, -0.2) is 29.9 Å². The largest absolute Gasteiger partial charge is 0.612 e. The number of fused-ring (bicyclic) bond motifs is 1. The van der Waals surface area contributed by atoms with Crippen molar-refractivity contribution >= 4 is 28.5 Å². The van der Waals surface area contributed by atoms with Crippen molar-refractivity contribution in [1.29, 1.82) is 5.26 Å². The fourth-order valence-electron chi connectivity index (χ4n) is 4.39. The topological polar surface area (TPSA) is 88.4 Å². The molecule has 1 aliphatic carbocycles. The second-order valence-corrected chi connectivity index (χ2v) is 10.4. The molecule has 7 heteroatoms. The molecule has 0 aromatic heterocycles. The molecule has 2 aliphatic rings. The minimum atomic E-state index is -1.03. The van der Waals surface area contributed by atoms with E-state index >= 15 is 0 Å². The lowest BCUT2D eigenvalue weighted by Gasteiger charge is -2.26. The Morgan fingerprint density at radius 2 is 1.94 bits per heavy atom. The van der Waals surface area contributed by atoms with Crippen LogP contribution < -0.4 is 15.0 Å². The van der Waals surface area contributed by atoms with Gasteiger partial charge >= 0.3 is 0 Å². The molecule has 35 heavy (non-hydrogen) atoms. The van der Waals surface area contributed by atoms with Gasteiger partial charge in [-0.25, -0.2) is 0 Å². The lowest BCUT2D eigenvalue weighted by atomic mass is 10.0. The highest BCUT2D eigenvalue weighted by molar-refractivity contribution is 7.90. The van der Waals surface area contributed by atoms with E-state index in [-0.39, 0.29) is 5.91 Å². The van der Waals surface area contributed by atoms with E-state index in [1.165, 1.54) is 18.4 Å². The summed E-state index contributed by atoms with van der Waals surface area (Å²) in [6.07, 6.45) is 4.86. The van der Waals surface area contributed by atoms with Crippen LogP contribution in [0.2, 0.25) is 0 Å². The number of nitrogens with zero attached hydrogens (tertiary/aromatic N) is 2. The number of hydrogen-bond donors (Lipinski definition) is 1. The molecular formula is C28H27N3O3S. The molecule has 3 aromatic carbocycles. The van der Waals surface area contributed by atoms with Gasteiger partial charge in [0.2, 0.25) is 0 Å². The standard InChI is InChI=1S/C28H27N3O3S/c1-35(33)24-10-3-19(4-11-24)18-30-28(32)22-9-12-25-27(16-22)34-14-2-13-31(25)26-15-21(20-5-6-20)7-8-23(26)17-29/h3-4,7-12,15-16,20H,2,5-6,13-14,18H2,1H3,(H,30,32). The highest BCUT2D eigenvalue weighted by atomic mass is 32.2. The van der Waals surface area contributed by atoms with E-state index in [1.807, 2.05) is 36.4 Å². The summed E-state index contributed by atoms with van der Waals surface area (Å²) in [5.74, 6) is 1.05. The third-order valence-corrected chi connectivity index (χ3v) is 7.42. The van der Waals surface area contributed by atoms with Crippen LogP contribution in [0.5, 0.6) is 5.75 Å². The molecule has 1 N–H and O–H groups in total. The summed E-state index contributed by atoms with van der Waals surface area (Å²) < 4.78 is 17.6. The third-order valence-electron chi connectivity index (χ3n) is 6.49. The predicted octanol–water partition coefficient (Wildman–Crippen LogP) is 5.02. The molecule has 1 heterocycles. The van der Waals surface area contributed by atoms with Gasteiger partial charge in [-0.2, -0.15) is 5.26 Å². The number of hydrogen-bond acceptors (Lipinski definition) is 5. The van der Waals surface area contributed by atoms with Crippen LogP contribution in [0.3, 0.4) is 0 Å². The average molecular weight is 486 g/mol. The van der Waals surface area contributed by atoms with Crippen molar-refractivity contribution in [3.63, 3.8) is 0 Å². The minimum absolute atomic E-state index is 0.191. The van der Waals surface area contributed by atoms with Gasteiger partial charge in [-0.1, -0.05) is 18.2 Å². The van der Waals surface area contributed by atoms with Crippen LogP contribution in [0.4, 0.5) is 11.4 Å². The number of rotatable bonds is 6. The van der Waals surface area contributed by atoms with Crippen molar-refractivity contribution < 1.29 is 14.1 Å². The zero-order chi connectivity index (χ0) is 24.4. The molecule has 5 rings (SSSR count). The molecule has 0 spiro atoms. The summed E-state index contributed by atoms with van der Waals surface area (Å²) in [5, 5.41) is 12.7. The maximum atomic E-state index is 12.9. The SMILES string of the molecule is C[S+]([O-])c1ccc(CNC(=O)c2ccc3c(c2)OCCCN3c2cc(C3CC3)ccc2C#N)cc1. The zero-order valence-corrected chi connectivity index (χ0v) is 20.4. The number of anilines is 2. The van der Waals surface area contributed by atoms with Crippen LogP contribution in [-0.2, 0) is 17.7 Å². The molecule has 1 amide bonds. The molecule has 3 aromatic rings. The van der Waals surface area contributed by atoms with Crippen LogP contribution in [0.1, 0.15) is 52.2 Å². The molecule has 1 atom stereocenters. The van der Waals surface area contributed by atoms with Gasteiger partial charge in [0.1, 0.15) is 18.1 Å². The summed E-state index contributed by atoms with van der Waals surface area (Å²) in [4.78, 5) is 15.8. The van der Waals surface area contributed by atoms with Crippen LogP contribution in [0.15, 0.2) is 65.6 Å². The Morgan fingerprint density at radius 1 is 1.14 bits per heavy atom. The fourth-order valence-corrected chi connectivity index (χ4v) is 4.91. The van der Waals surface area contributed by atoms with E-state index in [0.717, 1.165) is 34.8 Å². The van der Waals surface area contributed by atoms with Crippen LogP contribution in [0, 0.1) is 11.3 Å². The number of nitrogens with one attached hydrogen (secondary N) is 1. The lowest BCUT2D eigenvalue weighted by Crippen LogP contribution is -2.23. The normalized spacial score (nSPS) is 15.9. The zero-order valence-electron chi connectivity index (χ0n) is 19.6. The Kier molecular flexibility index (Phi) is 6.67. The second-order valence-electron chi connectivity index (χ2n) is 8.98. The first-order valence-corrected chi connectivity index (χ1v) is 13.4. The van der Waals surface area contributed by atoms with Gasteiger partial charge < -0.3 is 19.5 Å². The van der Waals surface area contributed by atoms with Gasteiger partial charge in [-0.3, -0.25) is 4.79 Å². The number of benzene rings is 3. The number of carbonyl (C=O) groups excluding carboxylic acids is 1. The molecule has 1 fully saturated rings. The van der Waals surface area contributed by atoms with E-state index in [2.05, 4.69) is 28.4 Å². The smallest absolute Gasteiger partial charge is 0.251 e. The first kappa shape index (κ1) is 23.3. The number of carbonyl (C=O) groups is 1. The van der Waals surface area contributed by atoms with E-state index in [9.17, 15) is 14.6 Å². The van der Waals surface area contributed by atoms with Crippen molar-refractivity contribution in [2.24, 2.45) is 0 Å². The van der Waals surface area contributed by atoms with Gasteiger partial charge in [0.15, 0.2) is 4.90 Å². The van der Waals surface area contributed by atoms with Gasteiger partial charge in [0, 0.05) is 18.7 Å². The summed E-state index contributed by atoms with van der Waals surface area (Å²) in [5.41, 5.74) is 5.14. The maximum absolute atomic E-state index is 12.9. The molecule has 1 unspecified atom stereocenters. The molecular weight excluding hydrogens is 458 g/mol. The Morgan fingerprint density at radius 3 is 2.66 bits per heavy atom. The molecule has 6 nitrogen and oxygen atoms in total. The molecule has 1 aliphatic heterocycles. The third kappa shape index (κ3) is 5.14. The van der Waals surface area contributed by atoms with E-state index in [4.69, 9.17) is 4.74 Å². The molecule has 0 radical (unpaired) electrons. The van der Waals surface area contributed by atoms with Crippen molar-refractivity contribution in [1.82, 2.24) is 5.32 Å². The highest BCUT2D eigenvalue weighted by Gasteiger charge is 2.27. The fraction of sp³-hybridized carbons (Fsp3) is 0.286. The van der Waals surface area contributed by atoms with Gasteiger partial charge in [-0.05, 0) is 89.9 Å². The molecule has 0 bridgehead atoms. The summed E-state index contributed by atoms with van der Waals surface area (Å²) in [6, 6.07) is 21.3. The average Bonchev–Trinajstić information content (AvgIpc) is 3.74. The molecule has 0 saturated heterocycles. The Bertz CT molecular complexity index is 1280. The summed E-state index contributed by atoms with van der Waals surface area (Å²) >= 11 is -1.03. The summed E-state index contributed by atoms with van der Waals surface area (Å²) in [6.45, 7) is 1.66. The highest BCUT2D eigenvalue weighted by Crippen LogP contribution is 2.44. The van der Waals surface area contributed by atoms with Gasteiger partial charge in [0.05, 0.1) is 23.5 Å². The van der Waals surface area contributed by atoms with Crippen molar-refractivity contribution in [3.8, 4) is 11.8 Å². The van der Waals surface area contributed by atoms with Crippen LogP contribution in [0.25, 0.3) is 0 Å². The minimum Gasteiger partial charge on any atom is -0.612 e. The summed E-state index contributed by atoms with van der Waals surface area (Å²) in [7, 11) is 0. The first-order valence-electron chi connectivity index (χ1n) is 11.8. The number of nitriles is 1. The van der Waals surface area contributed by atoms with Gasteiger partial charge in [0.25, 0.3) is 5.91 Å². The van der Waals surface area contributed by atoms with E-state index in [0.29, 0.717) is 35.9 Å². The Balaban J connectivity index is 1.37. The lowest BCUT2D eigenvalue weighted by molar-refractivity contribution is 0.0950. The molecule has 1 saturated carbocycles. The van der Waals surface area contributed by atoms with Crippen molar-refractivity contribution in [3.05, 3.63) is 82.9 Å². The van der Waals surface area contributed by atoms with Crippen molar-refractivity contribution in [2.75, 3.05) is 24.3 Å². The maximum Gasteiger partial charge on any atom is 0.251 e. The Hall–Kier alpha value is -3.47. The second kappa shape index (κ2) is 10.0. The predicted molar refractivity (Wildman–Crippen MR) is 137 cm³/mol. The van der Waals surface area contributed by atoms with E-state index in [1.54, 1.807) is 18.4 Å². The van der Waals surface area contributed by atoms with Gasteiger partial charge in [-0.15, -0.1) is 0 Å². The van der Waals surface area contributed by atoms with Crippen molar-refractivity contribution in [2.45, 2.75) is 36.6 Å². The molecule has 178 valence electrons. The number of amides is 1.